The summed E-state index contributed by atoms with van der Waals surface area (Å²) in [5.41, 5.74) is 2.91. The van der Waals surface area contributed by atoms with Crippen LogP contribution < -0.4 is 0 Å². The highest BCUT2D eigenvalue weighted by molar-refractivity contribution is 5.48. The minimum Gasteiger partial charge on any atom is -0.333 e. The highest BCUT2D eigenvalue weighted by Gasteiger charge is 2.17. The van der Waals surface area contributed by atoms with Crippen molar-refractivity contribution in [2.24, 2.45) is 7.05 Å². The van der Waals surface area contributed by atoms with Crippen LogP contribution in [-0.4, -0.2) is 34.3 Å². The van der Waals surface area contributed by atoms with Gasteiger partial charge in [-0.25, -0.2) is 14.3 Å². The van der Waals surface area contributed by atoms with Gasteiger partial charge in [0.05, 0.1) is 17.9 Å². The van der Waals surface area contributed by atoms with Gasteiger partial charge >= 0.3 is 0 Å². The molecule has 0 radical (unpaired) electrons. The van der Waals surface area contributed by atoms with Gasteiger partial charge in [-0.1, -0.05) is 23.4 Å². The van der Waals surface area contributed by atoms with E-state index in [4.69, 9.17) is 0 Å². The highest BCUT2D eigenvalue weighted by Crippen LogP contribution is 2.25. The number of aryl methyl sites for hydroxylation is 1. The molecule has 0 saturated carbocycles. The first-order chi connectivity index (χ1) is 11.7. The third-order valence-electron chi connectivity index (χ3n) is 4.10. The van der Waals surface area contributed by atoms with E-state index in [0.717, 1.165) is 22.8 Å². The maximum atomic E-state index is 4.34. The molecule has 1 atom stereocenters. The fourth-order valence-corrected chi connectivity index (χ4v) is 2.78. The maximum absolute atomic E-state index is 4.34. The molecule has 0 saturated heterocycles. The van der Waals surface area contributed by atoms with E-state index in [2.05, 4.69) is 39.5 Å². The zero-order valence-electron chi connectivity index (χ0n) is 13.5. The molecule has 4 aromatic rings. The molecule has 0 spiro atoms. The first kappa shape index (κ1) is 14.4. The summed E-state index contributed by atoms with van der Waals surface area (Å²) >= 11 is 0. The molecule has 7 nitrogen and oxygen atoms in total. The van der Waals surface area contributed by atoms with Crippen molar-refractivity contribution in [3.63, 3.8) is 0 Å². The summed E-state index contributed by atoms with van der Waals surface area (Å²) < 4.78 is 5.64. The third kappa shape index (κ3) is 2.40. The molecule has 0 amide bonds. The van der Waals surface area contributed by atoms with Gasteiger partial charge in [-0.15, -0.1) is 5.10 Å². The molecule has 0 aliphatic rings. The molecule has 7 heteroatoms. The topological polar surface area (TPSA) is 66.3 Å². The Bertz CT molecular complexity index is 949. The van der Waals surface area contributed by atoms with Gasteiger partial charge in [-0.3, -0.25) is 0 Å². The van der Waals surface area contributed by atoms with E-state index in [9.17, 15) is 0 Å². The number of hydrogen-bond acceptors (Lipinski definition) is 4. The first-order valence-electron chi connectivity index (χ1n) is 7.72. The van der Waals surface area contributed by atoms with Crippen LogP contribution in [0.15, 0.2) is 61.3 Å². The predicted molar refractivity (Wildman–Crippen MR) is 89.6 cm³/mol. The first-order valence-corrected chi connectivity index (χ1v) is 7.72. The number of hydrogen-bond donors (Lipinski definition) is 0. The van der Waals surface area contributed by atoms with Crippen LogP contribution in [-0.2, 0) is 7.05 Å². The Kier molecular flexibility index (Phi) is 3.45. The quantitative estimate of drug-likeness (QED) is 0.579. The smallest absolute Gasteiger partial charge is 0.161 e. The van der Waals surface area contributed by atoms with E-state index >= 15 is 0 Å². The third-order valence-corrected chi connectivity index (χ3v) is 4.10. The van der Waals surface area contributed by atoms with E-state index < -0.39 is 0 Å². The molecule has 3 aromatic heterocycles. The SMILES string of the molecule is CC(c1ccccc1-n1cccn1)n1cc(-c2nccn2C)nn1. The van der Waals surface area contributed by atoms with Gasteiger partial charge in [0.2, 0.25) is 0 Å². The molecule has 120 valence electrons. The van der Waals surface area contributed by atoms with Crippen LogP contribution in [0.1, 0.15) is 18.5 Å². The van der Waals surface area contributed by atoms with Gasteiger partial charge in [-0.2, -0.15) is 5.10 Å². The van der Waals surface area contributed by atoms with E-state index in [1.165, 1.54) is 0 Å². The second-order valence-corrected chi connectivity index (χ2v) is 5.63. The molecule has 0 fully saturated rings. The molecular weight excluding hydrogens is 302 g/mol. The van der Waals surface area contributed by atoms with Crippen LogP contribution in [0.3, 0.4) is 0 Å². The Morgan fingerprint density at radius 2 is 1.92 bits per heavy atom. The van der Waals surface area contributed by atoms with E-state index in [0.29, 0.717) is 0 Å². The number of aromatic nitrogens is 7. The van der Waals surface area contributed by atoms with Crippen molar-refractivity contribution < 1.29 is 0 Å². The molecule has 0 aliphatic carbocycles. The Morgan fingerprint density at radius 1 is 1.04 bits per heavy atom. The lowest BCUT2D eigenvalue weighted by Gasteiger charge is -2.16. The number of imidazole rings is 1. The normalized spacial score (nSPS) is 12.4. The lowest BCUT2D eigenvalue weighted by atomic mass is 10.1. The molecule has 0 N–H and O–H groups in total. The minimum atomic E-state index is 0.0203. The van der Waals surface area contributed by atoms with Crippen molar-refractivity contribution in [1.29, 1.82) is 0 Å². The van der Waals surface area contributed by atoms with Crippen LogP contribution >= 0.6 is 0 Å². The van der Waals surface area contributed by atoms with Crippen molar-refractivity contribution in [3.8, 4) is 17.2 Å². The average Bonchev–Trinajstić information content (AvgIpc) is 3.35. The maximum Gasteiger partial charge on any atom is 0.161 e. The summed E-state index contributed by atoms with van der Waals surface area (Å²) in [5, 5.41) is 12.9. The Labute approximate surface area is 139 Å². The van der Waals surface area contributed by atoms with E-state index in [1.54, 1.807) is 12.4 Å². The van der Waals surface area contributed by atoms with Crippen LogP contribution in [0.4, 0.5) is 0 Å². The van der Waals surface area contributed by atoms with Crippen molar-refractivity contribution in [3.05, 3.63) is 66.9 Å². The lowest BCUT2D eigenvalue weighted by molar-refractivity contribution is 0.540. The summed E-state index contributed by atoms with van der Waals surface area (Å²) in [4.78, 5) is 4.32. The molecule has 24 heavy (non-hydrogen) atoms. The number of para-hydroxylation sites is 1. The van der Waals surface area contributed by atoms with Crippen LogP contribution in [0.5, 0.6) is 0 Å². The number of rotatable bonds is 4. The van der Waals surface area contributed by atoms with E-state index in [-0.39, 0.29) is 6.04 Å². The summed E-state index contributed by atoms with van der Waals surface area (Å²) in [6.45, 7) is 2.10. The standard InChI is InChI=1S/C17H17N7/c1-13(14-6-3-4-7-16(14)23-10-5-8-19-23)24-12-15(20-21-24)17-18-9-11-22(17)2/h3-13H,1-2H3. The highest BCUT2D eigenvalue weighted by atomic mass is 15.4. The number of nitrogens with zero attached hydrogens (tertiary/aromatic N) is 7. The van der Waals surface area contributed by atoms with Crippen LogP contribution in [0, 0.1) is 0 Å². The second-order valence-electron chi connectivity index (χ2n) is 5.63. The molecular formula is C17H17N7. The van der Waals surface area contributed by atoms with Crippen molar-refractivity contribution in [2.45, 2.75) is 13.0 Å². The molecule has 4 rings (SSSR count). The molecule has 1 unspecified atom stereocenters. The fraction of sp³-hybridized carbons (Fsp3) is 0.176. The zero-order valence-corrected chi connectivity index (χ0v) is 13.5. The second kappa shape index (κ2) is 5.77. The fourth-order valence-electron chi connectivity index (χ4n) is 2.78. The summed E-state index contributed by atoms with van der Waals surface area (Å²) in [6, 6.07) is 10.1. The summed E-state index contributed by atoms with van der Waals surface area (Å²) in [7, 11) is 1.94. The largest absolute Gasteiger partial charge is 0.333 e. The number of benzene rings is 1. The van der Waals surface area contributed by atoms with Gasteiger partial charge < -0.3 is 4.57 Å². The predicted octanol–water partition coefficient (Wildman–Crippen LogP) is 2.47. The van der Waals surface area contributed by atoms with Gasteiger partial charge in [0.1, 0.15) is 5.69 Å². The van der Waals surface area contributed by atoms with Crippen LogP contribution in [0.2, 0.25) is 0 Å². The average molecular weight is 319 g/mol. The Morgan fingerprint density at radius 3 is 2.67 bits per heavy atom. The monoisotopic (exact) mass is 319 g/mol. The van der Waals surface area contributed by atoms with Gasteiger partial charge in [-0.05, 0) is 19.1 Å². The van der Waals surface area contributed by atoms with Gasteiger partial charge in [0.15, 0.2) is 5.82 Å². The lowest BCUT2D eigenvalue weighted by Crippen LogP contribution is -2.11. The van der Waals surface area contributed by atoms with Crippen molar-refractivity contribution in [2.75, 3.05) is 0 Å². The van der Waals surface area contributed by atoms with Gasteiger partial charge in [0.25, 0.3) is 0 Å². The molecule has 1 aromatic carbocycles. The Balaban J connectivity index is 1.72. The molecule has 0 aliphatic heterocycles. The van der Waals surface area contributed by atoms with Gasteiger partial charge in [0, 0.05) is 37.4 Å². The van der Waals surface area contributed by atoms with Crippen molar-refractivity contribution >= 4 is 0 Å². The summed E-state index contributed by atoms with van der Waals surface area (Å²) in [6.07, 6.45) is 9.28. The molecule has 0 bridgehead atoms. The van der Waals surface area contributed by atoms with Crippen LogP contribution in [0.25, 0.3) is 17.2 Å². The Hall–Kier alpha value is -3.22. The molecule has 3 heterocycles. The minimum absolute atomic E-state index is 0.0203. The van der Waals surface area contributed by atoms with Crippen molar-refractivity contribution in [1.82, 2.24) is 34.3 Å². The van der Waals surface area contributed by atoms with E-state index in [1.807, 2.05) is 57.8 Å². The zero-order chi connectivity index (χ0) is 16.5. The summed E-state index contributed by atoms with van der Waals surface area (Å²) in [5.74, 6) is 0.800.